The zero-order chi connectivity index (χ0) is 14.7. The van der Waals surface area contributed by atoms with E-state index in [2.05, 4.69) is 11.8 Å². The molecule has 0 radical (unpaired) electrons. The molecule has 4 heteroatoms. The van der Waals surface area contributed by atoms with E-state index in [1.165, 1.54) is 36.9 Å². The molecule has 3 rings (SSSR count). The van der Waals surface area contributed by atoms with Crippen molar-refractivity contribution in [1.82, 2.24) is 9.97 Å². The summed E-state index contributed by atoms with van der Waals surface area (Å²) in [5.41, 5.74) is 2.55. The molecule has 0 bridgehead atoms. The predicted octanol–water partition coefficient (Wildman–Crippen LogP) is 3.18. The summed E-state index contributed by atoms with van der Waals surface area (Å²) in [6.07, 6.45) is 9.52. The van der Waals surface area contributed by atoms with Gasteiger partial charge in [-0.3, -0.25) is 0 Å². The van der Waals surface area contributed by atoms with Crippen LogP contribution in [0.4, 0.5) is 5.82 Å². The lowest BCUT2D eigenvalue weighted by Crippen LogP contribution is -2.25. The molecule has 1 unspecified atom stereocenters. The molecule has 116 valence electrons. The number of aliphatic hydroxyl groups is 1. The molecule has 1 aliphatic carbocycles. The van der Waals surface area contributed by atoms with Crippen LogP contribution in [-0.2, 0) is 12.8 Å². The maximum absolute atomic E-state index is 10.4. The molecule has 1 aromatic heterocycles. The highest BCUT2D eigenvalue weighted by Gasteiger charge is 2.25. The van der Waals surface area contributed by atoms with E-state index >= 15 is 0 Å². The van der Waals surface area contributed by atoms with Crippen LogP contribution in [0.15, 0.2) is 0 Å². The quantitative estimate of drug-likeness (QED) is 0.904. The van der Waals surface area contributed by atoms with Gasteiger partial charge in [0.1, 0.15) is 11.9 Å². The van der Waals surface area contributed by atoms with Gasteiger partial charge >= 0.3 is 0 Å². The van der Waals surface area contributed by atoms with E-state index in [1.54, 1.807) is 0 Å². The molecule has 1 atom stereocenters. The van der Waals surface area contributed by atoms with Crippen molar-refractivity contribution in [1.29, 1.82) is 0 Å². The van der Waals surface area contributed by atoms with Crippen LogP contribution in [-0.4, -0.2) is 28.2 Å². The van der Waals surface area contributed by atoms with E-state index in [0.29, 0.717) is 5.82 Å². The van der Waals surface area contributed by atoms with Crippen LogP contribution in [0.5, 0.6) is 0 Å². The molecule has 1 aromatic rings. The molecule has 0 aromatic carbocycles. The molecule has 1 fully saturated rings. The van der Waals surface area contributed by atoms with Crippen molar-refractivity contribution < 1.29 is 5.11 Å². The molecule has 0 amide bonds. The van der Waals surface area contributed by atoms with Gasteiger partial charge in [-0.1, -0.05) is 19.8 Å². The van der Waals surface area contributed by atoms with Crippen LogP contribution >= 0.6 is 0 Å². The SMILES string of the molecule is CCCCC(O)c1nc2c(c(N3CCCC3)n1)CCCC2. The predicted molar refractivity (Wildman–Crippen MR) is 84.6 cm³/mol. The van der Waals surface area contributed by atoms with E-state index in [-0.39, 0.29) is 0 Å². The number of hydrogen-bond donors (Lipinski definition) is 1. The summed E-state index contributed by atoms with van der Waals surface area (Å²) >= 11 is 0. The van der Waals surface area contributed by atoms with E-state index in [4.69, 9.17) is 9.97 Å². The molecule has 0 saturated carbocycles. The van der Waals surface area contributed by atoms with Crippen LogP contribution in [0.25, 0.3) is 0 Å². The van der Waals surface area contributed by atoms with Crippen LogP contribution in [0, 0.1) is 0 Å². The van der Waals surface area contributed by atoms with Gasteiger partial charge in [0.05, 0.1) is 0 Å². The van der Waals surface area contributed by atoms with Crippen molar-refractivity contribution in [2.45, 2.75) is 70.8 Å². The number of aliphatic hydroxyl groups excluding tert-OH is 1. The van der Waals surface area contributed by atoms with Crippen molar-refractivity contribution in [3.05, 3.63) is 17.1 Å². The lowest BCUT2D eigenvalue weighted by atomic mass is 9.95. The summed E-state index contributed by atoms with van der Waals surface area (Å²) in [6, 6.07) is 0. The second kappa shape index (κ2) is 6.73. The van der Waals surface area contributed by atoms with E-state index in [0.717, 1.165) is 51.0 Å². The molecule has 1 N–H and O–H groups in total. The average molecular weight is 289 g/mol. The first-order chi connectivity index (χ1) is 10.3. The summed E-state index contributed by atoms with van der Waals surface area (Å²) < 4.78 is 0. The third kappa shape index (κ3) is 3.20. The summed E-state index contributed by atoms with van der Waals surface area (Å²) in [6.45, 7) is 4.36. The van der Waals surface area contributed by atoms with Gasteiger partial charge in [0.2, 0.25) is 0 Å². The van der Waals surface area contributed by atoms with Gasteiger partial charge in [-0.05, 0) is 44.9 Å². The number of rotatable bonds is 5. The Bertz CT molecular complexity index is 483. The minimum absolute atomic E-state index is 0.501. The van der Waals surface area contributed by atoms with Gasteiger partial charge in [-0.25, -0.2) is 9.97 Å². The highest BCUT2D eigenvalue weighted by molar-refractivity contribution is 5.51. The fourth-order valence-corrected chi connectivity index (χ4v) is 3.46. The molecule has 1 aliphatic heterocycles. The van der Waals surface area contributed by atoms with E-state index < -0.39 is 6.10 Å². The monoisotopic (exact) mass is 289 g/mol. The highest BCUT2D eigenvalue weighted by Crippen LogP contribution is 2.31. The Kier molecular flexibility index (Phi) is 4.73. The topological polar surface area (TPSA) is 49.3 Å². The first-order valence-electron chi connectivity index (χ1n) is 8.62. The maximum Gasteiger partial charge on any atom is 0.159 e. The minimum atomic E-state index is -0.501. The van der Waals surface area contributed by atoms with Crippen LogP contribution in [0.1, 0.15) is 75.1 Å². The van der Waals surface area contributed by atoms with Gasteiger partial charge < -0.3 is 10.0 Å². The van der Waals surface area contributed by atoms with E-state index in [1.807, 2.05) is 0 Å². The molecule has 2 aliphatic rings. The third-order valence-electron chi connectivity index (χ3n) is 4.71. The van der Waals surface area contributed by atoms with Crippen molar-refractivity contribution in [3.8, 4) is 0 Å². The Labute approximate surface area is 127 Å². The Hall–Kier alpha value is -1.16. The van der Waals surface area contributed by atoms with Crippen molar-refractivity contribution >= 4 is 5.82 Å². The Morgan fingerprint density at radius 2 is 1.86 bits per heavy atom. The largest absolute Gasteiger partial charge is 0.385 e. The number of anilines is 1. The number of aryl methyl sites for hydroxylation is 1. The fourth-order valence-electron chi connectivity index (χ4n) is 3.46. The Balaban J connectivity index is 1.92. The third-order valence-corrected chi connectivity index (χ3v) is 4.71. The molecular weight excluding hydrogens is 262 g/mol. The molecule has 21 heavy (non-hydrogen) atoms. The first-order valence-corrected chi connectivity index (χ1v) is 8.62. The normalized spacial score (nSPS) is 19.6. The summed E-state index contributed by atoms with van der Waals surface area (Å²) in [5.74, 6) is 1.79. The number of hydrogen-bond acceptors (Lipinski definition) is 4. The molecular formula is C17H27N3O. The smallest absolute Gasteiger partial charge is 0.159 e. The highest BCUT2D eigenvalue weighted by atomic mass is 16.3. The van der Waals surface area contributed by atoms with Gasteiger partial charge in [0.15, 0.2) is 5.82 Å². The molecule has 4 nitrogen and oxygen atoms in total. The lowest BCUT2D eigenvalue weighted by molar-refractivity contribution is 0.154. The van der Waals surface area contributed by atoms with Gasteiger partial charge in [0, 0.05) is 24.3 Å². The van der Waals surface area contributed by atoms with E-state index in [9.17, 15) is 5.11 Å². The van der Waals surface area contributed by atoms with Crippen LogP contribution in [0.3, 0.4) is 0 Å². The Morgan fingerprint density at radius 1 is 1.10 bits per heavy atom. The number of nitrogens with zero attached hydrogens (tertiary/aromatic N) is 3. The van der Waals surface area contributed by atoms with Crippen molar-refractivity contribution in [2.75, 3.05) is 18.0 Å². The standard InChI is InChI=1S/C17H27N3O/c1-2-3-10-15(21)16-18-14-9-5-4-8-13(14)17(19-16)20-11-6-7-12-20/h15,21H,2-12H2,1H3. The van der Waals surface area contributed by atoms with Gasteiger partial charge in [-0.2, -0.15) is 0 Å². The van der Waals surface area contributed by atoms with Crippen molar-refractivity contribution in [2.24, 2.45) is 0 Å². The zero-order valence-electron chi connectivity index (χ0n) is 13.1. The molecule has 0 spiro atoms. The van der Waals surface area contributed by atoms with Crippen molar-refractivity contribution in [3.63, 3.8) is 0 Å². The van der Waals surface area contributed by atoms with Gasteiger partial charge in [-0.15, -0.1) is 0 Å². The summed E-state index contributed by atoms with van der Waals surface area (Å²) in [5, 5.41) is 10.4. The zero-order valence-corrected chi connectivity index (χ0v) is 13.1. The number of unbranched alkanes of at least 4 members (excludes halogenated alkanes) is 1. The average Bonchev–Trinajstić information content (AvgIpc) is 3.05. The first kappa shape index (κ1) is 14.8. The number of fused-ring (bicyclic) bond motifs is 1. The maximum atomic E-state index is 10.4. The number of aromatic nitrogens is 2. The minimum Gasteiger partial charge on any atom is -0.385 e. The fraction of sp³-hybridized carbons (Fsp3) is 0.765. The molecule has 2 heterocycles. The lowest BCUT2D eigenvalue weighted by Gasteiger charge is -2.26. The molecule has 1 saturated heterocycles. The Morgan fingerprint density at radius 3 is 2.62 bits per heavy atom. The second-order valence-corrected chi connectivity index (χ2v) is 6.39. The van der Waals surface area contributed by atoms with Crippen LogP contribution < -0.4 is 4.90 Å². The summed E-state index contributed by atoms with van der Waals surface area (Å²) in [4.78, 5) is 11.9. The van der Waals surface area contributed by atoms with Gasteiger partial charge in [0.25, 0.3) is 0 Å². The second-order valence-electron chi connectivity index (χ2n) is 6.39. The summed E-state index contributed by atoms with van der Waals surface area (Å²) in [7, 11) is 0. The van der Waals surface area contributed by atoms with Crippen LogP contribution in [0.2, 0.25) is 0 Å².